The molecule has 0 spiro atoms. The van der Waals surface area contributed by atoms with Crippen molar-refractivity contribution in [3.8, 4) is 0 Å². The minimum Gasteiger partial charge on any atom is -0.382 e. The maximum Gasteiger partial charge on any atom is 0.272 e. The monoisotopic (exact) mass is 230 g/mol. The SMILES string of the molecule is Cn1cnc(N)c1C(=O)NCc1ccccc1. The van der Waals surface area contributed by atoms with Crippen molar-refractivity contribution in [3.05, 3.63) is 47.9 Å². The van der Waals surface area contributed by atoms with Crippen LogP contribution in [-0.4, -0.2) is 15.5 Å². The summed E-state index contributed by atoms with van der Waals surface area (Å²) >= 11 is 0. The number of rotatable bonds is 3. The van der Waals surface area contributed by atoms with Gasteiger partial charge in [0.1, 0.15) is 0 Å². The Hall–Kier alpha value is -2.30. The molecule has 0 fully saturated rings. The van der Waals surface area contributed by atoms with Crippen molar-refractivity contribution >= 4 is 11.7 Å². The molecule has 3 N–H and O–H groups in total. The first kappa shape index (κ1) is 11.2. The first-order valence-electron chi connectivity index (χ1n) is 5.27. The van der Waals surface area contributed by atoms with Gasteiger partial charge in [-0.1, -0.05) is 30.3 Å². The predicted octanol–water partition coefficient (Wildman–Crippen LogP) is 0.932. The van der Waals surface area contributed by atoms with E-state index in [1.54, 1.807) is 11.6 Å². The van der Waals surface area contributed by atoms with Gasteiger partial charge in [0, 0.05) is 13.6 Å². The summed E-state index contributed by atoms with van der Waals surface area (Å²) in [5.74, 6) is 0.0319. The summed E-state index contributed by atoms with van der Waals surface area (Å²) in [5, 5.41) is 2.80. The molecule has 0 atom stereocenters. The number of imidazole rings is 1. The topological polar surface area (TPSA) is 72.9 Å². The summed E-state index contributed by atoms with van der Waals surface area (Å²) in [6, 6.07) is 9.70. The Kier molecular flexibility index (Phi) is 3.09. The van der Waals surface area contributed by atoms with Gasteiger partial charge in [0.25, 0.3) is 5.91 Å². The van der Waals surface area contributed by atoms with Crippen LogP contribution in [0.3, 0.4) is 0 Å². The van der Waals surface area contributed by atoms with Crippen molar-refractivity contribution in [3.63, 3.8) is 0 Å². The van der Waals surface area contributed by atoms with Gasteiger partial charge in [0.2, 0.25) is 0 Å². The number of aromatic nitrogens is 2. The quantitative estimate of drug-likeness (QED) is 0.824. The third kappa shape index (κ3) is 2.44. The normalized spacial score (nSPS) is 10.2. The molecule has 1 aromatic carbocycles. The van der Waals surface area contributed by atoms with Crippen molar-refractivity contribution in [2.75, 3.05) is 5.73 Å². The van der Waals surface area contributed by atoms with E-state index < -0.39 is 0 Å². The molecule has 0 aliphatic heterocycles. The lowest BCUT2D eigenvalue weighted by atomic mass is 10.2. The van der Waals surface area contributed by atoms with Gasteiger partial charge >= 0.3 is 0 Å². The average molecular weight is 230 g/mol. The molecule has 5 heteroatoms. The number of nitrogen functional groups attached to an aromatic ring is 1. The maximum atomic E-state index is 11.9. The molecule has 88 valence electrons. The first-order chi connectivity index (χ1) is 8.18. The second-order valence-electron chi connectivity index (χ2n) is 3.76. The molecule has 0 saturated carbocycles. The fourth-order valence-electron chi connectivity index (χ4n) is 1.59. The maximum absolute atomic E-state index is 11.9. The number of benzene rings is 1. The highest BCUT2D eigenvalue weighted by atomic mass is 16.2. The summed E-state index contributed by atoms with van der Waals surface area (Å²) < 4.78 is 1.61. The molecule has 0 saturated heterocycles. The molecule has 0 bridgehead atoms. The number of carbonyl (C=O) groups excluding carboxylic acids is 1. The standard InChI is InChI=1S/C12H14N4O/c1-16-8-15-11(13)10(16)12(17)14-7-9-5-3-2-4-6-9/h2-6,8H,7,13H2,1H3,(H,14,17). The van der Waals surface area contributed by atoms with E-state index in [9.17, 15) is 4.79 Å². The van der Waals surface area contributed by atoms with Crippen LogP contribution in [0.25, 0.3) is 0 Å². The number of hydrogen-bond acceptors (Lipinski definition) is 3. The van der Waals surface area contributed by atoms with Crippen LogP contribution in [0.15, 0.2) is 36.7 Å². The number of nitrogens with one attached hydrogen (secondary N) is 1. The number of nitrogens with zero attached hydrogens (tertiary/aromatic N) is 2. The first-order valence-corrected chi connectivity index (χ1v) is 5.27. The van der Waals surface area contributed by atoms with Gasteiger partial charge in [-0.15, -0.1) is 0 Å². The average Bonchev–Trinajstić information content (AvgIpc) is 2.67. The molecule has 2 aromatic rings. The fourth-order valence-corrected chi connectivity index (χ4v) is 1.59. The number of nitrogens with two attached hydrogens (primary N) is 1. The Balaban J connectivity index is 2.04. The molecule has 0 unspecified atom stereocenters. The highest BCUT2D eigenvalue weighted by molar-refractivity contribution is 5.96. The van der Waals surface area contributed by atoms with E-state index in [1.807, 2.05) is 30.3 Å². The molecule has 2 rings (SSSR count). The zero-order valence-electron chi connectivity index (χ0n) is 9.55. The van der Waals surface area contributed by atoms with E-state index in [-0.39, 0.29) is 11.7 Å². The molecule has 1 aromatic heterocycles. The summed E-state index contributed by atoms with van der Waals surface area (Å²) in [7, 11) is 1.74. The van der Waals surface area contributed by atoms with E-state index in [0.717, 1.165) is 5.56 Å². The Morgan fingerprint density at radius 2 is 2.12 bits per heavy atom. The summed E-state index contributed by atoms with van der Waals surface area (Å²) in [6.45, 7) is 0.476. The van der Waals surface area contributed by atoms with E-state index in [4.69, 9.17) is 5.73 Å². The minimum absolute atomic E-state index is 0.216. The lowest BCUT2D eigenvalue weighted by Crippen LogP contribution is -2.25. The summed E-state index contributed by atoms with van der Waals surface area (Å²) in [6.07, 6.45) is 1.52. The number of carbonyl (C=O) groups is 1. The Morgan fingerprint density at radius 1 is 1.41 bits per heavy atom. The molecular weight excluding hydrogens is 216 g/mol. The van der Waals surface area contributed by atoms with Gasteiger partial charge in [-0.3, -0.25) is 4.79 Å². The largest absolute Gasteiger partial charge is 0.382 e. The van der Waals surface area contributed by atoms with E-state index in [1.165, 1.54) is 6.33 Å². The molecule has 17 heavy (non-hydrogen) atoms. The van der Waals surface area contributed by atoms with Crippen molar-refractivity contribution in [1.29, 1.82) is 0 Å². The smallest absolute Gasteiger partial charge is 0.272 e. The Labute approximate surface area is 99.3 Å². The van der Waals surface area contributed by atoms with Crippen LogP contribution in [0.5, 0.6) is 0 Å². The summed E-state index contributed by atoms with van der Waals surface area (Å²) in [5.41, 5.74) is 7.05. The van der Waals surface area contributed by atoms with E-state index in [0.29, 0.717) is 12.2 Å². The third-order valence-corrected chi connectivity index (χ3v) is 2.48. The highest BCUT2D eigenvalue weighted by Crippen LogP contribution is 2.07. The van der Waals surface area contributed by atoms with Gasteiger partial charge in [-0.2, -0.15) is 0 Å². The van der Waals surface area contributed by atoms with Crippen LogP contribution in [0, 0.1) is 0 Å². The molecule has 5 nitrogen and oxygen atoms in total. The second kappa shape index (κ2) is 4.69. The Morgan fingerprint density at radius 3 is 2.71 bits per heavy atom. The van der Waals surface area contributed by atoms with Gasteiger partial charge in [-0.05, 0) is 5.56 Å². The molecular formula is C12H14N4O. The molecule has 1 amide bonds. The molecule has 1 heterocycles. The highest BCUT2D eigenvalue weighted by Gasteiger charge is 2.14. The van der Waals surface area contributed by atoms with Crippen LogP contribution >= 0.6 is 0 Å². The second-order valence-corrected chi connectivity index (χ2v) is 3.76. The van der Waals surface area contributed by atoms with Crippen molar-refractivity contribution < 1.29 is 4.79 Å². The summed E-state index contributed by atoms with van der Waals surface area (Å²) in [4.78, 5) is 15.7. The van der Waals surface area contributed by atoms with Crippen LogP contribution in [0.1, 0.15) is 16.1 Å². The number of anilines is 1. The zero-order chi connectivity index (χ0) is 12.3. The lowest BCUT2D eigenvalue weighted by molar-refractivity contribution is 0.0943. The van der Waals surface area contributed by atoms with Crippen LogP contribution in [0.4, 0.5) is 5.82 Å². The Bertz CT molecular complexity index is 499. The zero-order valence-corrected chi connectivity index (χ0v) is 9.55. The van der Waals surface area contributed by atoms with E-state index >= 15 is 0 Å². The number of aryl methyl sites for hydroxylation is 1. The number of hydrogen-bond donors (Lipinski definition) is 2. The van der Waals surface area contributed by atoms with Gasteiger partial charge < -0.3 is 15.6 Å². The fraction of sp³-hybridized carbons (Fsp3) is 0.167. The van der Waals surface area contributed by atoms with Crippen LogP contribution in [0.2, 0.25) is 0 Å². The lowest BCUT2D eigenvalue weighted by Gasteiger charge is -2.06. The van der Waals surface area contributed by atoms with Crippen LogP contribution < -0.4 is 11.1 Å². The van der Waals surface area contributed by atoms with Crippen LogP contribution in [-0.2, 0) is 13.6 Å². The third-order valence-electron chi connectivity index (χ3n) is 2.48. The molecule has 0 radical (unpaired) electrons. The van der Waals surface area contributed by atoms with Gasteiger partial charge in [0.15, 0.2) is 11.5 Å². The van der Waals surface area contributed by atoms with Crippen molar-refractivity contribution in [2.45, 2.75) is 6.54 Å². The molecule has 0 aliphatic carbocycles. The van der Waals surface area contributed by atoms with E-state index in [2.05, 4.69) is 10.3 Å². The predicted molar refractivity (Wildman–Crippen MR) is 65.2 cm³/mol. The molecule has 0 aliphatic rings. The number of amides is 1. The minimum atomic E-state index is -0.216. The van der Waals surface area contributed by atoms with Crippen molar-refractivity contribution in [2.24, 2.45) is 7.05 Å². The van der Waals surface area contributed by atoms with Crippen molar-refractivity contribution in [1.82, 2.24) is 14.9 Å². The van der Waals surface area contributed by atoms with Gasteiger partial charge in [0.05, 0.1) is 6.33 Å². The van der Waals surface area contributed by atoms with Gasteiger partial charge in [-0.25, -0.2) is 4.98 Å².